The van der Waals surface area contributed by atoms with E-state index in [-0.39, 0.29) is 11.9 Å². The molecule has 1 amide bonds. The molecule has 3 aromatic rings. The summed E-state index contributed by atoms with van der Waals surface area (Å²) in [5.74, 6) is 1.03. The van der Waals surface area contributed by atoms with Crippen molar-refractivity contribution in [1.82, 2.24) is 15.1 Å². The molecule has 2 aromatic heterocycles. The van der Waals surface area contributed by atoms with E-state index in [9.17, 15) is 4.79 Å². The lowest BCUT2D eigenvalue weighted by Crippen LogP contribution is -2.52. The van der Waals surface area contributed by atoms with Crippen LogP contribution in [0.15, 0.2) is 47.2 Å². The van der Waals surface area contributed by atoms with Crippen molar-refractivity contribution in [2.75, 3.05) is 18.1 Å². The molecule has 0 unspecified atom stereocenters. The van der Waals surface area contributed by atoms with Gasteiger partial charge in [-0.05, 0) is 43.7 Å². The lowest BCUT2D eigenvalue weighted by Gasteiger charge is -2.35. The predicted molar refractivity (Wildman–Crippen MR) is 98.1 cm³/mol. The number of hydrogen-bond acceptors (Lipinski definition) is 6. The molecule has 0 radical (unpaired) electrons. The highest BCUT2D eigenvalue weighted by Gasteiger charge is 2.48. The number of benzene rings is 1. The first-order valence-corrected chi connectivity index (χ1v) is 8.86. The molecule has 5 rings (SSSR count). The van der Waals surface area contributed by atoms with E-state index >= 15 is 0 Å². The van der Waals surface area contributed by atoms with Crippen LogP contribution in [-0.2, 0) is 14.9 Å². The molecule has 2 aliphatic heterocycles. The largest absolute Gasteiger partial charge is 0.377 e. The highest BCUT2D eigenvalue weighted by atomic mass is 16.5. The first kappa shape index (κ1) is 16.1. The number of anilines is 1. The fourth-order valence-electron chi connectivity index (χ4n) is 3.61. The topological polar surface area (TPSA) is 81.4 Å². The van der Waals surface area contributed by atoms with E-state index in [1.165, 1.54) is 0 Å². The lowest BCUT2D eigenvalue weighted by atomic mass is 9.86. The minimum absolute atomic E-state index is 0.0864. The molecule has 27 heavy (non-hydrogen) atoms. The van der Waals surface area contributed by atoms with Crippen LogP contribution in [0.25, 0.3) is 22.8 Å². The smallest absolute Gasteiger partial charge is 0.258 e. The highest BCUT2D eigenvalue weighted by molar-refractivity contribution is 6.08. The Kier molecular flexibility index (Phi) is 3.42. The van der Waals surface area contributed by atoms with Crippen molar-refractivity contribution in [1.29, 1.82) is 0 Å². The number of carbonyl (C=O) groups excluding carboxylic acids is 1. The summed E-state index contributed by atoms with van der Waals surface area (Å²) in [5, 5.41) is 4.07. The second-order valence-electron chi connectivity index (χ2n) is 7.38. The van der Waals surface area contributed by atoms with E-state index in [0.29, 0.717) is 24.9 Å². The molecular formula is C20H18N4O3. The second-order valence-corrected chi connectivity index (χ2v) is 7.38. The normalized spacial score (nSPS) is 18.4. The SMILES string of the molecule is CC1(C)C(=O)N(C2COC2)c2cc(-c3nc(-c4ccncc4)no3)ccc21. The van der Waals surface area contributed by atoms with Crippen molar-refractivity contribution >= 4 is 11.6 Å². The molecule has 1 saturated heterocycles. The summed E-state index contributed by atoms with van der Waals surface area (Å²) in [6.45, 7) is 5.06. The first-order chi connectivity index (χ1) is 13.1. The Morgan fingerprint density at radius 3 is 2.59 bits per heavy atom. The van der Waals surface area contributed by atoms with Gasteiger partial charge in [-0.3, -0.25) is 9.78 Å². The molecule has 4 heterocycles. The zero-order valence-corrected chi connectivity index (χ0v) is 15.0. The zero-order chi connectivity index (χ0) is 18.6. The first-order valence-electron chi connectivity index (χ1n) is 8.86. The van der Waals surface area contributed by atoms with Crippen molar-refractivity contribution in [3.05, 3.63) is 48.3 Å². The Morgan fingerprint density at radius 2 is 1.89 bits per heavy atom. The van der Waals surface area contributed by atoms with Crippen molar-refractivity contribution in [3.63, 3.8) is 0 Å². The summed E-state index contributed by atoms with van der Waals surface area (Å²) in [4.78, 5) is 23.3. The molecular weight excluding hydrogens is 344 g/mol. The van der Waals surface area contributed by atoms with Gasteiger partial charge < -0.3 is 14.2 Å². The van der Waals surface area contributed by atoms with E-state index in [2.05, 4.69) is 15.1 Å². The fourth-order valence-corrected chi connectivity index (χ4v) is 3.61. The number of ether oxygens (including phenoxy) is 1. The van der Waals surface area contributed by atoms with E-state index in [1.54, 1.807) is 12.4 Å². The molecule has 2 aliphatic rings. The predicted octanol–water partition coefficient (Wildman–Crippen LogP) is 2.82. The maximum absolute atomic E-state index is 13.0. The summed E-state index contributed by atoms with van der Waals surface area (Å²) < 4.78 is 10.8. The number of fused-ring (bicyclic) bond motifs is 1. The van der Waals surface area contributed by atoms with Gasteiger partial charge in [0, 0.05) is 29.2 Å². The summed E-state index contributed by atoms with van der Waals surface area (Å²) in [6.07, 6.45) is 3.38. The van der Waals surface area contributed by atoms with E-state index in [4.69, 9.17) is 9.26 Å². The van der Waals surface area contributed by atoms with Gasteiger partial charge in [0.05, 0.1) is 24.7 Å². The van der Waals surface area contributed by atoms with Crippen LogP contribution in [0.2, 0.25) is 0 Å². The maximum Gasteiger partial charge on any atom is 0.258 e. The number of hydrogen-bond donors (Lipinski definition) is 0. The van der Waals surface area contributed by atoms with Crippen LogP contribution >= 0.6 is 0 Å². The van der Waals surface area contributed by atoms with Gasteiger partial charge in [-0.1, -0.05) is 11.2 Å². The summed E-state index contributed by atoms with van der Waals surface area (Å²) >= 11 is 0. The minimum Gasteiger partial charge on any atom is -0.377 e. The fraction of sp³-hybridized carbons (Fsp3) is 0.300. The lowest BCUT2D eigenvalue weighted by molar-refractivity contribution is -0.124. The number of amides is 1. The third kappa shape index (κ3) is 2.39. The van der Waals surface area contributed by atoms with Gasteiger partial charge in [0.25, 0.3) is 5.89 Å². The van der Waals surface area contributed by atoms with Gasteiger partial charge in [-0.15, -0.1) is 0 Å². The van der Waals surface area contributed by atoms with Crippen LogP contribution in [0, 0.1) is 0 Å². The van der Waals surface area contributed by atoms with Gasteiger partial charge in [0.15, 0.2) is 0 Å². The minimum atomic E-state index is -0.555. The Bertz CT molecular complexity index is 1020. The molecule has 0 N–H and O–H groups in total. The van der Waals surface area contributed by atoms with Crippen molar-refractivity contribution in [3.8, 4) is 22.8 Å². The molecule has 1 fully saturated rings. The number of rotatable bonds is 3. The van der Waals surface area contributed by atoms with Crippen LogP contribution in [0.3, 0.4) is 0 Å². The summed E-state index contributed by atoms with van der Waals surface area (Å²) in [7, 11) is 0. The number of aromatic nitrogens is 3. The molecule has 136 valence electrons. The third-order valence-electron chi connectivity index (χ3n) is 5.28. The molecule has 0 atom stereocenters. The van der Waals surface area contributed by atoms with Gasteiger partial charge in [0.1, 0.15) is 0 Å². The average Bonchev–Trinajstić information content (AvgIpc) is 3.20. The maximum atomic E-state index is 13.0. The summed E-state index contributed by atoms with van der Waals surface area (Å²) in [6, 6.07) is 9.62. The Labute approximate surface area is 156 Å². The number of pyridine rings is 1. The number of carbonyl (C=O) groups is 1. The highest BCUT2D eigenvalue weighted by Crippen LogP contribution is 2.45. The Hall–Kier alpha value is -3.06. The van der Waals surface area contributed by atoms with Crippen LogP contribution in [-0.4, -0.2) is 40.3 Å². The summed E-state index contributed by atoms with van der Waals surface area (Å²) in [5.41, 5.74) is 2.99. The number of nitrogens with zero attached hydrogens (tertiary/aromatic N) is 4. The van der Waals surface area contributed by atoms with Crippen LogP contribution in [0.1, 0.15) is 19.4 Å². The second kappa shape index (κ2) is 5.72. The van der Waals surface area contributed by atoms with E-state index < -0.39 is 5.41 Å². The van der Waals surface area contributed by atoms with Gasteiger partial charge in [-0.25, -0.2) is 0 Å². The Balaban J connectivity index is 1.56. The molecule has 7 heteroatoms. The van der Waals surface area contributed by atoms with Crippen LogP contribution in [0.5, 0.6) is 0 Å². The zero-order valence-electron chi connectivity index (χ0n) is 15.0. The van der Waals surface area contributed by atoms with E-state index in [1.807, 2.05) is 49.1 Å². The Morgan fingerprint density at radius 1 is 1.11 bits per heavy atom. The van der Waals surface area contributed by atoms with E-state index in [0.717, 1.165) is 22.4 Å². The van der Waals surface area contributed by atoms with Crippen LogP contribution < -0.4 is 4.90 Å². The van der Waals surface area contributed by atoms with Gasteiger partial charge >= 0.3 is 0 Å². The molecule has 0 spiro atoms. The molecule has 0 saturated carbocycles. The molecule has 0 aliphatic carbocycles. The molecule has 7 nitrogen and oxygen atoms in total. The molecule has 1 aromatic carbocycles. The monoisotopic (exact) mass is 362 g/mol. The van der Waals surface area contributed by atoms with Crippen molar-refractivity contribution in [2.24, 2.45) is 0 Å². The van der Waals surface area contributed by atoms with Crippen LogP contribution in [0.4, 0.5) is 5.69 Å². The third-order valence-corrected chi connectivity index (χ3v) is 5.28. The van der Waals surface area contributed by atoms with Gasteiger partial charge in [0.2, 0.25) is 11.7 Å². The van der Waals surface area contributed by atoms with Gasteiger partial charge in [-0.2, -0.15) is 4.98 Å². The van der Waals surface area contributed by atoms with Crippen molar-refractivity contribution < 1.29 is 14.1 Å². The standard InChI is InChI=1S/C20H18N4O3/c1-20(2)15-4-3-13(9-16(15)24(19(20)25)14-10-26-11-14)18-22-17(23-27-18)12-5-7-21-8-6-12/h3-9,14H,10-11H2,1-2H3. The molecule has 0 bridgehead atoms. The average molecular weight is 362 g/mol. The quantitative estimate of drug-likeness (QED) is 0.713. The van der Waals surface area contributed by atoms with Crippen molar-refractivity contribution in [2.45, 2.75) is 25.3 Å².